The maximum Gasteiger partial charge on any atom is 0.277 e. The highest BCUT2D eigenvalue weighted by atomic mass is 79.9. The molecule has 2 rings (SSSR count). The van der Waals surface area contributed by atoms with E-state index >= 15 is 0 Å². The van der Waals surface area contributed by atoms with E-state index < -0.39 is 5.91 Å². The lowest BCUT2D eigenvalue weighted by Crippen LogP contribution is -2.32. The summed E-state index contributed by atoms with van der Waals surface area (Å²) in [4.78, 5) is 11.7. The number of carbonyl (C=O) groups is 1. The molecule has 10 heteroatoms. The fraction of sp³-hybridized carbons (Fsp3) is 0.357. The number of carbonyl (C=O) groups excluding carboxylic acids is 1. The van der Waals surface area contributed by atoms with Crippen molar-refractivity contribution in [2.45, 2.75) is 6.54 Å². The fourth-order valence-electron chi connectivity index (χ4n) is 2.01. The number of rotatable bonds is 8. The maximum absolute atomic E-state index is 11.7. The van der Waals surface area contributed by atoms with Gasteiger partial charge in [0, 0.05) is 19.6 Å². The summed E-state index contributed by atoms with van der Waals surface area (Å²) >= 11 is 3.45. The third kappa shape index (κ3) is 4.36. The van der Waals surface area contributed by atoms with Crippen LogP contribution < -0.4 is 25.8 Å². The van der Waals surface area contributed by atoms with Crippen LogP contribution in [-0.4, -0.2) is 43.5 Å². The second-order valence-electron chi connectivity index (χ2n) is 4.74. The van der Waals surface area contributed by atoms with Crippen molar-refractivity contribution in [3.8, 4) is 11.5 Å². The number of aromatic nitrogens is 2. The van der Waals surface area contributed by atoms with E-state index in [4.69, 9.17) is 15.2 Å². The van der Waals surface area contributed by atoms with Gasteiger partial charge in [-0.1, -0.05) is 0 Å². The van der Waals surface area contributed by atoms with Crippen molar-refractivity contribution >= 4 is 27.7 Å². The summed E-state index contributed by atoms with van der Waals surface area (Å²) in [6.07, 6.45) is 0. The van der Waals surface area contributed by atoms with Gasteiger partial charge in [-0.2, -0.15) is 0 Å². The second-order valence-corrected chi connectivity index (χ2v) is 5.60. The van der Waals surface area contributed by atoms with E-state index in [9.17, 15) is 4.79 Å². The minimum atomic E-state index is -0.426. The number of methoxy groups -OCH3 is 2. The zero-order chi connectivity index (χ0) is 17.5. The number of nitrogens with two attached hydrogens (primary N) is 1. The third-order valence-corrected chi connectivity index (χ3v) is 3.73. The van der Waals surface area contributed by atoms with Crippen LogP contribution in [0, 0.1) is 0 Å². The van der Waals surface area contributed by atoms with Crippen molar-refractivity contribution in [1.29, 1.82) is 0 Å². The van der Waals surface area contributed by atoms with E-state index in [1.165, 1.54) is 0 Å². The molecule has 130 valence electrons. The number of nitrogen functional groups attached to an aromatic ring is 1. The summed E-state index contributed by atoms with van der Waals surface area (Å²) in [6, 6.07) is 3.83. The molecule has 0 saturated carbocycles. The zero-order valence-corrected chi connectivity index (χ0v) is 14.8. The van der Waals surface area contributed by atoms with Gasteiger partial charge in [-0.05, 0) is 43.9 Å². The first kappa shape index (κ1) is 18.0. The van der Waals surface area contributed by atoms with Crippen LogP contribution in [-0.2, 0) is 6.54 Å². The van der Waals surface area contributed by atoms with Gasteiger partial charge in [-0.15, -0.1) is 0 Å². The zero-order valence-electron chi connectivity index (χ0n) is 13.3. The minimum absolute atomic E-state index is 0.0150. The Morgan fingerprint density at radius 2 is 2.08 bits per heavy atom. The number of hydrogen-bond donors (Lipinski definition) is 3. The lowest BCUT2D eigenvalue weighted by molar-refractivity contribution is 0.0944. The van der Waals surface area contributed by atoms with Crippen LogP contribution in [0.2, 0.25) is 0 Å². The average Bonchev–Trinajstić information content (AvgIpc) is 2.99. The molecule has 0 aliphatic heterocycles. The lowest BCUT2D eigenvalue weighted by Gasteiger charge is -2.12. The highest BCUT2D eigenvalue weighted by molar-refractivity contribution is 9.10. The molecule has 0 bridgehead atoms. The quantitative estimate of drug-likeness (QED) is 0.560. The van der Waals surface area contributed by atoms with Crippen LogP contribution >= 0.6 is 15.9 Å². The molecule has 0 fully saturated rings. The van der Waals surface area contributed by atoms with Gasteiger partial charge >= 0.3 is 0 Å². The summed E-state index contributed by atoms with van der Waals surface area (Å²) in [5, 5.41) is 12.7. The molecule has 0 aliphatic carbocycles. The molecule has 0 spiro atoms. The molecule has 0 atom stereocenters. The molecule has 0 saturated heterocycles. The molecule has 0 radical (unpaired) electrons. The number of benzene rings is 1. The molecule has 1 aromatic carbocycles. The first-order valence-corrected chi connectivity index (χ1v) is 7.83. The standard InChI is InChI=1S/C14H18BrN5O4/c1-22-10-6-8(5-9(15)12(10)23-2)7-17-3-4-18-14(21)11-13(16)20-24-19-11/h5-6,17H,3-4,7H2,1-2H3,(H2,16,20)(H,18,21). The normalized spacial score (nSPS) is 10.5. The Hall–Kier alpha value is -2.33. The van der Waals surface area contributed by atoms with Crippen LogP contribution in [0.15, 0.2) is 21.2 Å². The van der Waals surface area contributed by atoms with Crippen LogP contribution in [0.3, 0.4) is 0 Å². The van der Waals surface area contributed by atoms with Crippen molar-refractivity contribution in [3.63, 3.8) is 0 Å². The number of amides is 1. The number of ether oxygens (including phenoxy) is 2. The minimum Gasteiger partial charge on any atom is -0.493 e. The van der Waals surface area contributed by atoms with E-state index in [0.29, 0.717) is 31.1 Å². The van der Waals surface area contributed by atoms with E-state index in [1.807, 2.05) is 12.1 Å². The van der Waals surface area contributed by atoms with Crippen molar-refractivity contribution in [2.75, 3.05) is 33.0 Å². The topological polar surface area (TPSA) is 125 Å². The van der Waals surface area contributed by atoms with Crippen LogP contribution in [0.5, 0.6) is 11.5 Å². The molecule has 9 nitrogen and oxygen atoms in total. The highest BCUT2D eigenvalue weighted by Gasteiger charge is 2.15. The molecule has 2 aromatic rings. The second kappa shape index (κ2) is 8.50. The predicted molar refractivity (Wildman–Crippen MR) is 90.0 cm³/mol. The summed E-state index contributed by atoms with van der Waals surface area (Å²) < 4.78 is 15.7. The van der Waals surface area contributed by atoms with Gasteiger partial charge < -0.3 is 25.8 Å². The Kier molecular flexibility index (Phi) is 6.38. The number of nitrogens with one attached hydrogen (secondary N) is 2. The van der Waals surface area contributed by atoms with Gasteiger partial charge in [0.25, 0.3) is 5.91 Å². The fourth-order valence-corrected chi connectivity index (χ4v) is 2.66. The molecule has 0 aliphatic rings. The van der Waals surface area contributed by atoms with Crippen molar-refractivity contribution < 1.29 is 18.9 Å². The summed E-state index contributed by atoms with van der Waals surface area (Å²) in [5.41, 5.74) is 6.44. The molecule has 1 amide bonds. The summed E-state index contributed by atoms with van der Waals surface area (Å²) in [6.45, 7) is 1.56. The summed E-state index contributed by atoms with van der Waals surface area (Å²) in [7, 11) is 3.17. The lowest BCUT2D eigenvalue weighted by atomic mass is 10.2. The Labute approximate surface area is 147 Å². The number of halogens is 1. The molecular formula is C14H18BrN5O4. The van der Waals surface area contributed by atoms with Gasteiger partial charge in [-0.3, -0.25) is 4.79 Å². The molecule has 0 unspecified atom stereocenters. The number of hydrogen-bond acceptors (Lipinski definition) is 8. The Balaban J connectivity index is 1.79. The molecule has 4 N–H and O–H groups in total. The highest BCUT2D eigenvalue weighted by Crippen LogP contribution is 2.36. The van der Waals surface area contributed by atoms with Crippen LogP contribution in [0.4, 0.5) is 5.82 Å². The van der Waals surface area contributed by atoms with E-state index in [-0.39, 0.29) is 11.5 Å². The summed E-state index contributed by atoms with van der Waals surface area (Å²) in [5.74, 6) is 0.832. The Morgan fingerprint density at radius 1 is 1.29 bits per heavy atom. The van der Waals surface area contributed by atoms with E-state index in [0.717, 1.165) is 10.0 Å². The molecule has 24 heavy (non-hydrogen) atoms. The van der Waals surface area contributed by atoms with Crippen molar-refractivity contribution in [2.24, 2.45) is 0 Å². The maximum atomic E-state index is 11.7. The molecule has 1 heterocycles. The van der Waals surface area contributed by atoms with Gasteiger partial charge in [0.15, 0.2) is 11.5 Å². The number of anilines is 1. The van der Waals surface area contributed by atoms with Crippen LogP contribution in [0.25, 0.3) is 0 Å². The van der Waals surface area contributed by atoms with Gasteiger partial charge in [-0.25, -0.2) is 4.63 Å². The number of nitrogens with zero attached hydrogens (tertiary/aromatic N) is 2. The predicted octanol–water partition coefficient (Wildman–Crippen LogP) is 0.951. The van der Waals surface area contributed by atoms with E-state index in [1.54, 1.807) is 14.2 Å². The average molecular weight is 400 g/mol. The van der Waals surface area contributed by atoms with Gasteiger partial charge in [0.2, 0.25) is 11.5 Å². The van der Waals surface area contributed by atoms with Gasteiger partial charge in [0.1, 0.15) is 0 Å². The first-order valence-electron chi connectivity index (χ1n) is 7.04. The van der Waals surface area contributed by atoms with Crippen molar-refractivity contribution in [1.82, 2.24) is 20.9 Å². The van der Waals surface area contributed by atoms with E-state index in [2.05, 4.69) is 41.5 Å². The Bertz CT molecular complexity index is 706. The Morgan fingerprint density at radius 3 is 2.71 bits per heavy atom. The monoisotopic (exact) mass is 399 g/mol. The molecule has 1 aromatic heterocycles. The van der Waals surface area contributed by atoms with Gasteiger partial charge in [0.05, 0.1) is 18.7 Å². The SMILES string of the molecule is COc1cc(CNCCNC(=O)c2nonc2N)cc(Br)c1OC. The third-order valence-electron chi connectivity index (χ3n) is 3.14. The first-order chi connectivity index (χ1) is 11.6. The largest absolute Gasteiger partial charge is 0.493 e. The molecular weight excluding hydrogens is 382 g/mol. The smallest absolute Gasteiger partial charge is 0.277 e. The van der Waals surface area contributed by atoms with Crippen LogP contribution in [0.1, 0.15) is 16.1 Å². The van der Waals surface area contributed by atoms with Crippen molar-refractivity contribution in [3.05, 3.63) is 27.9 Å².